The van der Waals surface area contributed by atoms with Gasteiger partial charge in [0.1, 0.15) is 0 Å². The largest absolute Gasteiger partial charge is 0.564 e. The third-order valence-corrected chi connectivity index (χ3v) is 3.10. The third-order valence-electron chi connectivity index (χ3n) is 3.10. The Morgan fingerprint density at radius 2 is 1.47 bits per heavy atom. The monoisotopic (exact) mass is 238 g/mol. The molecule has 0 rings (SSSR count). The lowest BCUT2D eigenvalue weighted by molar-refractivity contribution is 0.423. The quantitative estimate of drug-likeness (QED) is 0.255. The van der Waals surface area contributed by atoms with Gasteiger partial charge in [-0.3, -0.25) is 0 Å². The van der Waals surface area contributed by atoms with E-state index in [-0.39, 0.29) is 0 Å². The molecule has 0 saturated carbocycles. The number of hydrogen-bond acceptors (Lipinski definition) is 1. The van der Waals surface area contributed by atoms with Crippen LogP contribution in [-0.4, -0.2) is 6.92 Å². The van der Waals surface area contributed by atoms with E-state index in [0.717, 1.165) is 12.2 Å². The van der Waals surface area contributed by atoms with Gasteiger partial charge in [-0.2, -0.15) is 0 Å². The van der Waals surface area contributed by atoms with Gasteiger partial charge in [-0.05, 0) is 38.5 Å². The molecule has 0 aromatic heterocycles. The molecule has 0 spiro atoms. The average Bonchev–Trinajstić information content (AvgIpc) is 2.33. The summed E-state index contributed by atoms with van der Waals surface area (Å²) in [6.07, 6.45) is 13.5. The van der Waals surface area contributed by atoms with E-state index in [1.807, 2.05) is 0 Å². The second-order valence-corrected chi connectivity index (χ2v) is 4.98. The second kappa shape index (κ2) is 12.1. The zero-order valence-corrected chi connectivity index (χ0v) is 12.4. The van der Waals surface area contributed by atoms with E-state index in [9.17, 15) is 0 Å². The summed E-state index contributed by atoms with van der Waals surface area (Å²) in [5.41, 5.74) is 0. The molecule has 0 N–H and O–H groups in total. The second-order valence-electron chi connectivity index (χ2n) is 4.98. The van der Waals surface area contributed by atoms with Gasteiger partial charge in [0.2, 0.25) is 0 Å². The first-order chi connectivity index (χ1) is 8.24. The molecule has 0 aromatic carbocycles. The van der Waals surface area contributed by atoms with E-state index >= 15 is 0 Å². The fraction of sp³-hybridized carbons (Fsp3) is 0.867. The molecule has 17 heavy (non-hydrogen) atoms. The van der Waals surface area contributed by atoms with Crippen molar-refractivity contribution in [3.63, 3.8) is 0 Å². The standard InChI is InChI=1S/C15H31BO/c1-5-8-11-12-15(4)17-16(13-9-6-2)14-10-7-3/h12H,5-11,13-14H2,1-4H3/b15-12-. The van der Waals surface area contributed by atoms with Crippen molar-refractivity contribution < 1.29 is 4.65 Å². The number of unbranched alkanes of at least 4 members (excludes halogenated alkanes) is 4. The van der Waals surface area contributed by atoms with Gasteiger partial charge in [-0.25, -0.2) is 0 Å². The van der Waals surface area contributed by atoms with Crippen molar-refractivity contribution in [2.24, 2.45) is 0 Å². The molecule has 2 heteroatoms. The first-order valence-corrected chi connectivity index (χ1v) is 7.57. The van der Waals surface area contributed by atoms with Gasteiger partial charge < -0.3 is 4.65 Å². The molecule has 0 saturated heterocycles. The van der Waals surface area contributed by atoms with Crippen LogP contribution in [0, 0.1) is 0 Å². The summed E-state index contributed by atoms with van der Waals surface area (Å²) in [7, 11) is 0. The summed E-state index contributed by atoms with van der Waals surface area (Å²) < 4.78 is 6.06. The van der Waals surface area contributed by atoms with Crippen LogP contribution in [0.15, 0.2) is 11.8 Å². The highest BCUT2D eigenvalue weighted by molar-refractivity contribution is 6.52. The molecule has 0 aliphatic rings. The predicted molar refractivity (Wildman–Crippen MR) is 79.6 cm³/mol. The summed E-state index contributed by atoms with van der Waals surface area (Å²) in [5, 5.41) is 0. The van der Waals surface area contributed by atoms with Gasteiger partial charge in [0.05, 0.1) is 5.76 Å². The number of allylic oxidation sites excluding steroid dienone is 2. The molecule has 0 unspecified atom stereocenters. The van der Waals surface area contributed by atoms with E-state index in [1.54, 1.807) is 0 Å². The van der Waals surface area contributed by atoms with Gasteiger partial charge in [0, 0.05) is 0 Å². The third kappa shape index (κ3) is 10.5. The number of hydrogen-bond donors (Lipinski definition) is 0. The highest BCUT2D eigenvalue weighted by Crippen LogP contribution is 2.15. The molecule has 0 radical (unpaired) electrons. The van der Waals surface area contributed by atoms with Crippen molar-refractivity contribution >= 4 is 6.92 Å². The molecule has 0 aromatic rings. The van der Waals surface area contributed by atoms with E-state index in [0.29, 0.717) is 6.92 Å². The van der Waals surface area contributed by atoms with Gasteiger partial charge in [-0.15, -0.1) is 0 Å². The van der Waals surface area contributed by atoms with E-state index in [1.165, 1.54) is 51.2 Å². The van der Waals surface area contributed by atoms with Crippen molar-refractivity contribution in [2.45, 2.75) is 85.3 Å². The van der Waals surface area contributed by atoms with Crippen LogP contribution in [0.5, 0.6) is 0 Å². The molecule has 0 aliphatic carbocycles. The van der Waals surface area contributed by atoms with Crippen molar-refractivity contribution in [2.75, 3.05) is 0 Å². The van der Waals surface area contributed by atoms with E-state index in [2.05, 4.69) is 33.8 Å². The van der Waals surface area contributed by atoms with Crippen LogP contribution in [0.4, 0.5) is 0 Å². The molecular formula is C15H31BO. The van der Waals surface area contributed by atoms with Gasteiger partial charge >= 0.3 is 6.92 Å². The molecule has 0 atom stereocenters. The van der Waals surface area contributed by atoms with Crippen LogP contribution in [0.2, 0.25) is 12.6 Å². The van der Waals surface area contributed by atoms with Gasteiger partial charge in [0.25, 0.3) is 0 Å². The fourth-order valence-corrected chi connectivity index (χ4v) is 1.95. The molecular weight excluding hydrogens is 207 g/mol. The average molecular weight is 238 g/mol. The predicted octanol–water partition coefficient (Wildman–Crippen LogP) is 5.69. The van der Waals surface area contributed by atoms with Gasteiger partial charge in [-0.1, -0.05) is 52.9 Å². The van der Waals surface area contributed by atoms with Crippen LogP contribution in [0.25, 0.3) is 0 Å². The van der Waals surface area contributed by atoms with Crippen LogP contribution in [0.1, 0.15) is 72.6 Å². The minimum atomic E-state index is 0.452. The van der Waals surface area contributed by atoms with E-state index < -0.39 is 0 Å². The summed E-state index contributed by atoms with van der Waals surface area (Å²) in [4.78, 5) is 0. The molecule has 100 valence electrons. The Hall–Kier alpha value is -0.395. The maximum absolute atomic E-state index is 6.06. The Morgan fingerprint density at radius 1 is 0.941 bits per heavy atom. The van der Waals surface area contributed by atoms with Crippen molar-refractivity contribution in [1.29, 1.82) is 0 Å². The molecule has 1 nitrogen and oxygen atoms in total. The summed E-state index contributed by atoms with van der Waals surface area (Å²) in [6, 6.07) is 0. The highest BCUT2D eigenvalue weighted by Gasteiger charge is 2.15. The Labute approximate surface area is 109 Å². The molecule has 0 bridgehead atoms. The highest BCUT2D eigenvalue weighted by atomic mass is 16.4. The van der Waals surface area contributed by atoms with Crippen molar-refractivity contribution in [3.05, 3.63) is 11.8 Å². The molecule has 0 fully saturated rings. The van der Waals surface area contributed by atoms with E-state index in [4.69, 9.17) is 4.65 Å². The topological polar surface area (TPSA) is 9.23 Å². The maximum atomic E-state index is 6.06. The Bertz CT molecular complexity index is 181. The Kier molecular flexibility index (Phi) is 11.8. The summed E-state index contributed by atoms with van der Waals surface area (Å²) in [5.74, 6) is 1.13. The number of rotatable bonds is 11. The van der Waals surface area contributed by atoms with Gasteiger partial charge in [0.15, 0.2) is 0 Å². The summed E-state index contributed by atoms with van der Waals surface area (Å²) >= 11 is 0. The van der Waals surface area contributed by atoms with Crippen LogP contribution in [0.3, 0.4) is 0 Å². The van der Waals surface area contributed by atoms with Crippen molar-refractivity contribution in [1.82, 2.24) is 0 Å². The maximum Gasteiger partial charge on any atom is 0.357 e. The first-order valence-electron chi connectivity index (χ1n) is 7.57. The van der Waals surface area contributed by atoms with Crippen LogP contribution >= 0.6 is 0 Å². The van der Waals surface area contributed by atoms with Crippen LogP contribution < -0.4 is 0 Å². The van der Waals surface area contributed by atoms with Crippen molar-refractivity contribution in [3.8, 4) is 0 Å². The SMILES string of the molecule is CCCC/C=C(/C)OB(CCCC)CCCC. The minimum Gasteiger partial charge on any atom is -0.564 e. The fourth-order valence-electron chi connectivity index (χ4n) is 1.95. The Morgan fingerprint density at radius 3 is 1.94 bits per heavy atom. The first kappa shape index (κ1) is 16.6. The molecule has 0 heterocycles. The lowest BCUT2D eigenvalue weighted by Crippen LogP contribution is -2.16. The smallest absolute Gasteiger partial charge is 0.357 e. The lowest BCUT2D eigenvalue weighted by atomic mass is 9.59. The molecule has 0 amide bonds. The zero-order valence-electron chi connectivity index (χ0n) is 12.4. The normalized spacial score (nSPS) is 11.6. The zero-order chi connectivity index (χ0) is 12.9. The van der Waals surface area contributed by atoms with Crippen LogP contribution in [-0.2, 0) is 4.65 Å². The lowest BCUT2D eigenvalue weighted by Gasteiger charge is -2.16. The minimum absolute atomic E-state index is 0.452. The summed E-state index contributed by atoms with van der Waals surface area (Å²) in [6.45, 7) is 9.30. The molecule has 0 aliphatic heterocycles. The Balaban J connectivity index is 3.96.